The van der Waals surface area contributed by atoms with Crippen molar-refractivity contribution in [2.45, 2.75) is 38.5 Å². The molecule has 0 radical (unpaired) electrons. The van der Waals surface area contributed by atoms with E-state index in [2.05, 4.69) is 0 Å². The molecular formula is C14H20N2O2. The van der Waals surface area contributed by atoms with Crippen molar-refractivity contribution in [3.8, 4) is 0 Å². The molecule has 98 valence electrons. The number of nitrogen functional groups attached to an aromatic ring is 1. The van der Waals surface area contributed by atoms with Gasteiger partial charge in [0.05, 0.1) is 0 Å². The van der Waals surface area contributed by atoms with Crippen molar-refractivity contribution in [3.05, 3.63) is 29.8 Å². The molecule has 1 aromatic rings. The van der Waals surface area contributed by atoms with Crippen LogP contribution < -0.4 is 5.73 Å². The lowest BCUT2D eigenvalue weighted by Crippen LogP contribution is -2.39. The maximum absolute atomic E-state index is 12.2. The van der Waals surface area contributed by atoms with Gasteiger partial charge in [-0.3, -0.25) is 4.79 Å². The molecule has 0 heterocycles. The third-order valence-corrected chi connectivity index (χ3v) is 3.28. The molecule has 1 unspecified atom stereocenters. The fourth-order valence-corrected chi connectivity index (χ4v) is 2.00. The number of carbonyl (C=O) groups is 1. The highest BCUT2D eigenvalue weighted by Crippen LogP contribution is 2.29. The fraction of sp³-hybridized carbons (Fsp3) is 0.500. The maximum Gasteiger partial charge on any atom is 0.251 e. The Labute approximate surface area is 108 Å². The lowest BCUT2D eigenvalue weighted by atomic mass is 10.1. The van der Waals surface area contributed by atoms with Gasteiger partial charge in [-0.05, 0) is 37.5 Å². The van der Waals surface area contributed by atoms with Crippen LogP contribution in [0.5, 0.6) is 0 Å². The normalized spacial score (nSPS) is 16.3. The molecule has 1 fully saturated rings. The van der Waals surface area contributed by atoms with E-state index in [4.69, 9.17) is 10.5 Å². The van der Waals surface area contributed by atoms with Crippen molar-refractivity contribution in [1.29, 1.82) is 0 Å². The Balaban J connectivity index is 2.09. The Morgan fingerprint density at radius 2 is 2.28 bits per heavy atom. The van der Waals surface area contributed by atoms with Crippen molar-refractivity contribution < 1.29 is 9.53 Å². The maximum atomic E-state index is 12.2. The van der Waals surface area contributed by atoms with Crippen LogP contribution in [-0.4, -0.2) is 30.1 Å². The topological polar surface area (TPSA) is 55.6 Å². The highest BCUT2D eigenvalue weighted by Gasteiger charge is 2.34. The number of hydrogen-bond acceptors (Lipinski definition) is 3. The lowest BCUT2D eigenvalue weighted by Gasteiger charge is -2.25. The first-order chi connectivity index (χ1) is 8.61. The molecule has 0 aromatic heterocycles. The van der Waals surface area contributed by atoms with Crippen molar-refractivity contribution in [2.24, 2.45) is 0 Å². The molecule has 1 aliphatic carbocycles. The van der Waals surface area contributed by atoms with E-state index in [-0.39, 0.29) is 12.0 Å². The highest BCUT2D eigenvalue weighted by molar-refractivity contribution is 5.81. The fourth-order valence-electron chi connectivity index (χ4n) is 2.00. The standard InChI is InChI=1S/C14H20N2O2/c1-10(18-2)14(17)16(13-6-7-13)9-11-4-3-5-12(15)8-11/h3-5,8,10,13H,6-7,9,15H2,1-2H3. The summed E-state index contributed by atoms with van der Waals surface area (Å²) in [5, 5.41) is 0. The number of amides is 1. The average molecular weight is 248 g/mol. The van der Waals surface area contributed by atoms with Gasteiger partial charge in [0.25, 0.3) is 5.91 Å². The third-order valence-electron chi connectivity index (χ3n) is 3.28. The van der Waals surface area contributed by atoms with Crippen molar-refractivity contribution >= 4 is 11.6 Å². The molecule has 2 rings (SSSR count). The van der Waals surface area contributed by atoms with Crippen LogP contribution in [0.4, 0.5) is 5.69 Å². The Kier molecular flexibility index (Phi) is 3.87. The lowest BCUT2D eigenvalue weighted by molar-refractivity contribution is -0.142. The van der Waals surface area contributed by atoms with Gasteiger partial charge in [-0.2, -0.15) is 0 Å². The first-order valence-corrected chi connectivity index (χ1v) is 6.29. The van der Waals surface area contributed by atoms with Crippen LogP contribution in [-0.2, 0) is 16.1 Å². The summed E-state index contributed by atoms with van der Waals surface area (Å²) in [7, 11) is 1.56. The summed E-state index contributed by atoms with van der Waals surface area (Å²) in [5.41, 5.74) is 7.56. The first kappa shape index (κ1) is 12.9. The van der Waals surface area contributed by atoms with Crippen molar-refractivity contribution in [3.63, 3.8) is 0 Å². The second kappa shape index (κ2) is 5.40. The molecule has 4 nitrogen and oxygen atoms in total. The number of nitrogens with two attached hydrogens (primary N) is 1. The second-order valence-corrected chi connectivity index (χ2v) is 4.82. The smallest absolute Gasteiger partial charge is 0.251 e. The van der Waals surface area contributed by atoms with Gasteiger partial charge in [-0.15, -0.1) is 0 Å². The highest BCUT2D eigenvalue weighted by atomic mass is 16.5. The third kappa shape index (κ3) is 3.01. The molecule has 4 heteroatoms. The number of carbonyl (C=O) groups excluding carboxylic acids is 1. The molecular weight excluding hydrogens is 228 g/mol. The summed E-state index contributed by atoms with van der Waals surface area (Å²) in [4.78, 5) is 14.1. The molecule has 1 saturated carbocycles. The number of hydrogen-bond donors (Lipinski definition) is 1. The van der Waals surface area contributed by atoms with E-state index in [0.717, 1.165) is 24.1 Å². The van der Waals surface area contributed by atoms with E-state index >= 15 is 0 Å². The van der Waals surface area contributed by atoms with Crippen LogP contribution in [0.25, 0.3) is 0 Å². The monoisotopic (exact) mass is 248 g/mol. The van der Waals surface area contributed by atoms with Gasteiger partial charge < -0.3 is 15.4 Å². The van der Waals surface area contributed by atoms with Gasteiger partial charge in [0.1, 0.15) is 6.10 Å². The number of methoxy groups -OCH3 is 1. The van der Waals surface area contributed by atoms with Gasteiger partial charge >= 0.3 is 0 Å². The summed E-state index contributed by atoms with van der Waals surface area (Å²) >= 11 is 0. The molecule has 2 N–H and O–H groups in total. The first-order valence-electron chi connectivity index (χ1n) is 6.29. The zero-order valence-electron chi connectivity index (χ0n) is 10.9. The molecule has 0 saturated heterocycles. The summed E-state index contributed by atoms with van der Waals surface area (Å²) < 4.78 is 5.12. The quantitative estimate of drug-likeness (QED) is 0.808. The molecule has 0 spiro atoms. The van der Waals surface area contributed by atoms with Crippen LogP contribution in [0.15, 0.2) is 24.3 Å². The number of ether oxygens (including phenoxy) is 1. The van der Waals surface area contributed by atoms with Gasteiger partial charge in [0.15, 0.2) is 0 Å². The van der Waals surface area contributed by atoms with Gasteiger partial charge in [-0.25, -0.2) is 0 Å². The van der Waals surface area contributed by atoms with E-state index < -0.39 is 0 Å². The van der Waals surface area contributed by atoms with Gasteiger partial charge in [0, 0.05) is 25.4 Å². The summed E-state index contributed by atoms with van der Waals surface area (Å²) in [6.07, 6.45) is 1.79. The summed E-state index contributed by atoms with van der Waals surface area (Å²) in [6, 6.07) is 8.05. The molecule has 1 amide bonds. The van der Waals surface area contributed by atoms with E-state index in [1.165, 1.54) is 0 Å². The largest absolute Gasteiger partial charge is 0.399 e. The van der Waals surface area contributed by atoms with Crippen LogP contribution >= 0.6 is 0 Å². The van der Waals surface area contributed by atoms with E-state index in [1.54, 1.807) is 14.0 Å². The zero-order valence-corrected chi connectivity index (χ0v) is 10.9. The number of rotatable bonds is 5. The number of nitrogens with zero attached hydrogens (tertiary/aromatic N) is 1. The Morgan fingerprint density at radius 1 is 1.56 bits per heavy atom. The van der Waals surface area contributed by atoms with E-state index in [9.17, 15) is 4.79 Å². The second-order valence-electron chi connectivity index (χ2n) is 4.82. The minimum atomic E-state index is -0.383. The van der Waals surface area contributed by atoms with Gasteiger partial charge in [0.2, 0.25) is 0 Å². The van der Waals surface area contributed by atoms with E-state index in [0.29, 0.717) is 12.6 Å². The predicted octanol–water partition coefficient (Wildman–Crippen LogP) is 1.79. The van der Waals surface area contributed by atoms with Crippen LogP contribution in [0, 0.1) is 0 Å². The Bertz CT molecular complexity index is 430. The molecule has 1 atom stereocenters. The van der Waals surface area contributed by atoms with Crippen LogP contribution in [0.2, 0.25) is 0 Å². The predicted molar refractivity (Wildman–Crippen MR) is 70.9 cm³/mol. The van der Waals surface area contributed by atoms with Gasteiger partial charge in [-0.1, -0.05) is 12.1 Å². The minimum absolute atomic E-state index is 0.0578. The van der Waals surface area contributed by atoms with Crippen LogP contribution in [0.3, 0.4) is 0 Å². The van der Waals surface area contributed by atoms with E-state index in [1.807, 2.05) is 29.2 Å². The Hall–Kier alpha value is -1.55. The van der Waals surface area contributed by atoms with Crippen molar-refractivity contribution in [1.82, 2.24) is 4.90 Å². The van der Waals surface area contributed by atoms with Crippen LogP contribution in [0.1, 0.15) is 25.3 Å². The molecule has 1 aromatic carbocycles. The average Bonchev–Trinajstić information content (AvgIpc) is 3.18. The molecule has 18 heavy (non-hydrogen) atoms. The molecule has 0 aliphatic heterocycles. The molecule has 1 aliphatic rings. The molecule has 0 bridgehead atoms. The zero-order chi connectivity index (χ0) is 13.1. The Morgan fingerprint density at radius 3 is 2.83 bits per heavy atom. The minimum Gasteiger partial charge on any atom is -0.399 e. The number of anilines is 1. The number of benzene rings is 1. The van der Waals surface area contributed by atoms with Crippen molar-refractivity contribution in [2.75, 3.05) is 12.8 Å². The summed E-state index contributed by atoms with van der Waals surface area (Å²) in [6.45, 7) is 2.40. The summed E-state index contributed by atoms with van der Waals surface area (Å²) in [5.74, 6) is 0.0578. The SMILES string of the molecule is COC(C)C(=O)N(Cc1cccc(N)c1)C1CC1.